The molecule has 1 atom stereocenters. The molecule has 0 aromatic heterocycles. The molecule has 100 valence electrons. The third-order valence-electron chi connectivity index (χ3n) is 3.22. The predicted octanol–water partition coefficient (Wildman–Crippen LogP) is 1.73. The number of benzene rings is 1. The highest BCUT2D eigenvalue weighted by molar-refractivity contribution is 7.89. The molecule has 1 fully saturated rings. The highest BCUT2D eigenvalue weighted by Gasteiger charge is 2.32. The van der Waals surface area contributed by atoms with Gasteiger partial charge in [-0.1, -0.05) is 17.7 Å². The Bertz CT molecular complexity index is 518. The lowest BCUT2D eigenvalue weighted by molar-refractivity contribution is 0.259. The lowest BCUT2D eigenvalue weighted by atomic mass is 10.1. The van der Waals surface area contributed by atoms with E-state index in [9.17, 15) is 8.42 Å². The average Bonchev–Trinajstić information content (AvgIpc) is 2.79. The molecule has 1 aromatic rings. The highest BCUT2D eigenvalue weighted by Crippen LogP contribution is 2.26. The lowest BCUT2D eigenvalue weighted by Crippen LogP contribution is -2.29. The number of rotatable bonds is 4. The monoisotopic (exact) mass is 289 g/mol. The molecule has 1 unspecified atom stereocenters. The van der Waals surface area contributed by atoms with Crippen molar-refractivity contribution in [2.45, 2.75) is 17.7 Å². The van der Waals surface area contributed by atoms with Crippen LogP contribution in [0.3, 0.4) is 0 Å². The van der Waals surface area contributed by atoms with Crippen LogP contribution in [0.1, 0.15) is 12.8 Å². The van der Waals surface area contributed by atoms with Gasteiger partial charge in [-0.25, -0.2) is 8.42 Å². The van der Waals surface area contributed by atoms with Gasteiger partial charge >= 0.3 is 0 Å². The average molecular weight is 290 g/mol. The van der Waals surface area contributed by atoms with Gasteiger partial charge in [0, 0.05) is 24.7 Å². The van der Waals surface area contributed by atoms with Gasteiger partial charge in [-0.3, -0.25) is 0 Å². The van der Waals surface area contributed by atoms with Crippen LogP contribution in [0.15, 0.2) is 29.2 Å². The van der Waals surface area contributed by atoms with Crippen molar-refractivity contribution in [3.8, 4) is 0 Å². The zero-order valence-electron chi connectivity index (χ0n) is 9.92. The number of hydrogen-bond acceptors (Lipinski definition) is 3. The van der Waals surface area contributed by atoms with E-state index in [0.29, 0.717) is 24.5 Å². The van der Waals surface area contributed by atoms with Crippen LogP contribution in [-0.4, -0.2) is 37.5 Å². The zero-order chi connectivity index (χ0) is 13.2. The zero-order valence-corrected chi connectivity index (χ0v) is 11.5. The second-order valence-corrected chi connectivity index (χ2v) is 6.86. The minimum absolute atomic E-state index is 0.107. The van der Waals surface area contributed by atoms with Crippen LogP contribution in [0, 0.1) is 5.92 Å². The van der Waals surface area contributed by atoms with E-state index in [-0.39, 0.29) is 17.4 Å². The fraction of sp³-hybridized carbons (Fsp3) is 0.500. The summed E-state index contributed by atoms with van der Waals surface area (Å²) in [4.78, 5) is 0.236. The van der Waals surface area contributed by atoms with Crippen molar-refractivity contribution in [3.05, 3.63) is 29.3 Å². The maximum atomic E-state index is 12.3. The summed E-state index contributed by atoms with van der Waals surface area (Å²) in [7, 11) is -3.45. The first-order valence-electron chi connectivity index (χ1n) is 5.90. The van der Waals surface area contributed by atoms with Gasteiger partial charge in [-0.15, -0.1) is 0 Å². The standard InChI is InChI=1S/C12H16ClNO3S/c13-11-2-1-3-12(8-11)18(16,17)14-6-4-10(9-14)5-7-15/h1-3,8,10,15H,4-7,9H2. The number of aliphatic hydroxyl groups excluding tert-OH is 1. The van der Waals surface area contributed by atoms with E-state index < -0.39 is 10.0 Å². The van der Waals surface area contributed by atoms with Crippen molar-refractivity contribution < 1.29 is 13.5 Å². The Labute approximate surface area is 112 Å². The molecule has 0 saturated carbocycles. The van der Waals surface area contributed by atoms with Crippen molar-refractivity contribution in [3.63, 3.8) is 0 Å². The van der Waals surface area contributed by atoms with Crippen LogP contribution in [0.25, 0.3) is 0 Å². The number of sulfonamides is 1. The molecule has 6 heteroatoms. The molecule has 0 amide bonds. The van der Waals surface area contributed by atoms with E-state index in [4.69, 9.17) is 16.7 Å². The molecular formula is C12H16ClNO3S. The van der Waals surface area contributed by atoms with Crippen LogP contribution in [0.2, 0.25) is 5.02 Å². The number of aliphatic hydroxyl groups is 1. The molecule has 0 bridgehead atoms. The second kappa shape index (κ2) is 5.57. The SMILES string of the molecule is O=S(=O)(c1cccc(Cl)c1)N1CCC(CCO)C1. The quantitative estimate of drug-likeness (QED) is 0.918. The Hall–Kier alpha value is -0.620. The molecule has 1 saturated heterocycles. The van der Waals surface area contributed by atoms with E-state index in [1.54, 1.807) is 18.2 Å². The van der Waals surface area contributed by atoms with Crippen LogP contribution >= 0.6 is 11.6 Å². The first-order valence-corrected chi connectivity index (χ1v) is 7.72. The van der Waals surface area contributed by atoms with E-state index in [1.165, 1.54) is 10.4 Å². The third-order valence-corrected chi connectivity index (χ3v) is 5.32. The van der Waals surface area contributed by atoms with Crippen molar-refractivity contribution in [2.75, 3.05) is 19.7 Å². The molecule has 1 aromatic carbocycles. The Morgan fingerprint density at radius 2 is 2.22 bits per heavy atom. The van der Waals surface area contributed by atoms with Gasteiger partial charge in [0.1, 0.15) is 0 Å². The van der Waals surface area contributed by atoms with Crippen LogP contribution in [0.4, 0.5) is 0 Å². The number of halogens is 1. The largest absolute Gasteiger partial charge is 0.396 e. The number of hydrogen-bond donors (Lipinski definition) is 1. The van der Waals surface area contributed by atoms with Gasteiger partial charge in [0.2, 0.25) is 10.0 Å². The molecule has 2 rings (SSSR count). The lowest BCUT2D eigenvalue weighted by Gasteiger charge is -2.16. The number of nitrogens with zero attached hydrogens (tertiary/aromatic N) is 1. The predicted molar refractivity (Wildman–Crippen MR) is 70.0 cm³/mol. The summed E-state index contributed by atoms with van der Waals surface area (Å²) in [6, 6.07) is 6.31. The van der Waals surface area contributed by atoms with Gasteiger partial charge in [-0.2, -0.15) is 4.31 Å². The maximum absolute atomic E-state index is 12.3. The Morgan fingerprint density at radius 3 is 2.89 bits per heavy atom. The first kappa shape index (κ1) is 13.8. The molecule has 1 aliphatic rings. The third kappa shape index (κ3) is 2.85. The Balaban J connectivity index is 2.18. The summed E-state index contributed by atoms with van der Waals surface area (Å²) in [5, 5.41) is 9.30. The summed E-state index contributed by atoms with van der Waals surface area (Å²) in [6.07, 6.45) is 1.46. The van der Waals surface area contributed by atoms with E-state index in [1.807, 2.05) is 0 Å². The molecule has 1 aliphatic heterocycles. The Morgan fingerprint density at radius 1 is 1.44 bits per heavy atom. The fourth-order valence-electron chi connectivity index (χ4n) is 2.21. The normalized spacial score (nSPS) is 21.3. The van der Waals surface area contributed by atoms with Gasteiger partial charge in [0.25, 0.3) is 0 Å². The summed E-state index contributed by atoms with van der Waals surface area (Å²) in [5.41, 5.74) is 0. The van der Waals surface area contributed by atoms with Crippen molar-refractivity contribution >= 4 is 21.6 Å². The first-order chi connectivity index (χ1) is 8.54. The van der Waals surface area contributed by atoms with Gasteiger partial charge in [0.05, 0.1) is 4.90 Å². The minimum Gasteiger partial charge on any atom is -0.396 e. The van der Waals surface area contributed by atoms with Crippen molar-refractivity contribution in [1.82, 2.24) is 4.31 Å². The molecule has 0 aliphatic carbocycles. The fourth-order valence-corrected chi connectivity index (χ4v) is 4.04. The van der Waals surface area contributed by atoms with Gasteiger partial charge < -0.3 is 5.11 Å². The molecule has 0 spiro atoms. The van der Waals surface area contributed by atoms with Crippen LogP contribution < -0.4 is 0 Å². The molecule has 1 heterocycles. The summed E-state index contributed by atoms with van der Waals surface area (Å²) in [5.74, 6) is 0.254. The topological polar surface area (TPSA) is 57.6 Å². The smallest absolute Gasteiger partial charge is 0.243 e. The van der Waals surface area contributed by atoms with Crippen molar-refractivity contribution in [1.29, 1.82) is 0 Å². The van der Waals surface area contributed by atoms with E-state index >= 15 is 0 Å². The van der Waals surface area contributed by atoms with E-state index in [2.05, 4.69) is 0 Å². The Kier molecular flexibility index (Phi) is 4.27. The van der Waals surface area contributed by atoms with Crippen LogP contribution in [-0.2, 0) is 10.0 Å². The molecule has 1 N–H and O–H groups in total. The highest BCUT2D eigenvalue weighted by atomic mass is 35.5. The summed E-state index contributed by atoms with van der Waals surface area (Å²) in [6.45, 7) is 1.10. The molecule has 18 heavy (non-hydrogen) atoms. The molecular weight excluding hydrogens is 274 g/mol. The molecule has 4 nitrogen and oxygen atoms in total. The summed E-state index contributed by atoms with van der Waals surface area (Å²) < 4.78 is 26.2. The van der Waals surface area contributed by atoms with Crippen molar-refractivity contribution in [2.24, 2.45) is 5.92 Å². The summed E-state index contributed by atoms with van der Waals surface area (Å²) >= 11 is 5.82. The second-order valence-electron chi connectivity index (χ2n) is 4.49. The van der Waals surface area contributed by atoms with E-state index in [0.717, 1.165) is 6.42 Å². The molecule has 0 radical (unpaired) electrons. The maximum Gasteiger partial charge on any atom is 0.243 e. The van der Waals surface area contributed by atoms with Crippen LogP contribution in [0.5, 0.6) is 0 Å². The van der Waals surface area contributed by atoms with Gasteiger partial charge in [-0.05, 0) is 37.0 Å². The minimum atomic E-state index is -3.45. The van der Waals surface area contributed by atoms with Gasteiger partial charge in [0.15, 0.2) is 0 Å².